The first-order chi connectivity index (χ1) is 9.41. The van der Waals surface area contributed by atoms with Gasteiger partial charge in [-0.05, 0) is 19.4 Å². The maximum Gasteiger partial charge on any atom is 0.247 e. The number of carbonyl (C=O) groups excluding carboxylic acids is 1. The predicted octanol–water partition coefficient (Wildman–Crippen LogP) is 3.13. The summed E-state index contributed by atoms with van der Waals surface area (Å²) in [6.45, 7) is 4.23. The average molecular weight is 362 g/mol. The molecule has 0 radical (unpaired) electrons. The van der Waals surface area contributed by atoms with Crippen LogP contribution in [0.4, 0.5) is 0 Å². The van der Waals surface area contributed by atoms with Gasteiger partial charge in [0.1, 0.15) is 5.54 Å². The third-order valence-electron chi connectivity index (χ3n) is 3.23. The molecule has 1 unspecified atom stereocenters. The number of likely N-dealkylation sites (N-methyl/N-ethyl adjacent to an activating group) is 1. The van der Waals surface area contributed by atoms with E-state index in [1.807, 2.05) is 37.3 Å². The average Bonchev–Trinajstić information content (AvgIpc) is 2.84. The summed E-state index contributed by atoms with van der Waals surface area (Å²) in [6, 6.07) is 9.44. The van der Waals surface area contributed by atoms with Gasteiger partial charge in [0, 0.05) is 18.1 Å². The lowest BCUT2D eigenvalue weighted by molar-refractivity contribution is -0.135. The highest BCUT2D eigenvalue weighted by molar-refractivity contribution is 7.11. The quantitative estimate of drug-likeness (QED) is 0.909. The lowest BCUT2D eigenvalue weighted by atomic mass is 9.92. The Bertz CT molecular complexity index is 602. The van der Waals surface area contributed by atoms with E-state index in [1.54, 1.807) is 36.4 Å². The third-order valence-corrected chi connectivity index (χ3v) is 4.12. The first kappa shape index (κ1) is 20.9. The summed E-state index contributed by atoms with van der Waals surface area (Å²) in [5.41, 5.74) is 6.04. The molecule has 1 aromatic carbocycles. The minimum atomic E-state index is -1.02. The maximum atomic E-state index is 12.6. The van der Waals surface area contributed by atoms with Gasteiger partial charge in [-0.15, -0.1) is 36.2 Å². The molecular weight excluding hydrogens is 341 g/mol. The van der Waals surface area contributed by atoms with E-state index in [2.05, 4.69) is 4.98 Å². The second kappa shape index (κ2) is 8.48. The van der Waals surface area contributed by atoms with Crippen LogP contribution in [0.3, 0.4) is 0 Å². The van der Waals surface area contributed by atoms with Gasteiger partial charge in [-0.1, -0.05) is 30.3 Å². The summed E-state index contributed by atoms with van der Waals surface area (Å²) < 4.78 is 0. The highest BCUT2D eigenvalue weighted by Gasteiger charge is 2.33. The van der Waals surface area contributed by atoms with Gasteiger partial charge in [-0.25, -0.2) is 4.98 Å². The molecule has 7 heteroatoms. The minimum absolute atomic E-state index is 0. The molecule has 22 heavy (non-hydrogen) atoms. The van der Waals surface area contributed by atoms with Crippen molar-refractivity contribution >= 4 is 42.1 Å². The summed E-state index contributed by atoms with van der Waals surface area (Å²) in [4.78, 5) is 19.5. The SMILES string of the molecule is Cc1ncc(CN(C)C(=O)C(C)(N)c2ccccc2)s1.Cl.Cl. The van der Waals surface area contributed by atoms with Crippen LogP contribution in [0.2, 0.25) is 0 Å². The first-order valence-corrected chi connectivity index (χ1v) is 7.24. The van der Waals surface area contributed by atoms with Crippen LogP contribution in [0.5, 0.6) is 0 Å². The number of hydrogen-bond donors (Lipinski definition) is 1. The van der Waals surface area contributed by atoms with Crippen LogP contribution in [0.1, 0.15) is 22.4 Å². The maximum absolute atomic E-state index is 12.6. The van der Waals surface area contributed by atoms with E-state index in [0.717, 1.165) is 15.4 Å². The number of aromatic nitrogens is 1. The second-order valence-corrected chi connectivity index (χ2v) is 6.39. The lowest BCUT2D eigenvalue weighted by Crippen LogP contribution is -2.49. The topological polar surface area (TPSA) is 59.2 Å². The Morgan fingerprint density at radius 3 is 2.41 bits per heavy atom. The van der Waals surface area contributed by atoms with E-state index in [-0.39, 0.29) is 30.7 Å². The molecule has 0 bridgehead atoms. The zero-order valence-electron chi connectivity index (χ0n) is 12.8. The molecule has 1 heterocycles. The molecule has 122 valence electrons. The third kappa shape index (κ3) is 4.68. The van der Waals surface area contributed by atoms with E-state index in [0.29, 0.717) is 6.54 Å². The Balaban J connectivity index is 0.00000220. The fourth-order valence-electron chi connectivity index (χ4n) is 2.09. The first-order valence-electron chi connectivity index (χ1n) is 6.42. The van der Waals surface area contributed by atoms with Gasteiger partial charge < -0.3 is 10.6 Å². The Morgan fingerprint density at radius 2 is 1.91 bits per heavy atom. The Labute approximate surface area is 147 Å². The molecule has 1 amide bonds. The zero-order valence-corrected chi connectivity index (χ0v) is 15.2. The molecular formula is C15H21Cl2N3OS. The number of nitrogens with zero attached hydrogens (tertiary/aromatic N) is 2. The number of nitrogens with two attached hydrogens (primary N) is 1. The van der Waals surface area contributed by atoms with Gasteiger partial charge in [-0.3, -0.25) is 4.79 Å². The number of amides is 1. The van der Waals surface area contributed by atoms with Crippen molar-refractivity contribution < 1.29 is 4.79 Å². The van der Waals surface area contributed by atoms with Crippen LogP contribution in [-0.4, -0.2) is 22.8 Å². The highest BCUT2D eigenvalue weighted by Crippen LogP contribution is 2.21. The summed E-state index contributed by atoms with van der Waals surface area (Å²) >= 11 is 1.59. The normalized spacial score (nSPS) is 12.5. The molecule has 2 aromatic rings. The number of thiazole rings is 1. The molecule has 1 atom stereocenters. The molecule has 2 rings (SSSR count). The van der Waals surface area contributed by atoms with Gasteiger partial charge in [0.15, 0.2) is 0 Å². The Kier molecular flexibility index (Phi) is 8.04. The van der Waals surface area contributed by atoms with Crippen LogP contribution in [0, 0.1) is 6.92 Å². The molecule has 0 saturated carbocycles. The van der Waals surface area contributed by atoms with Gasteiger partial charge >= 0.3 is 0 Å². The molecule has 4 nitrogen and oxygen atoms in total. The summed E-state index contributed by atoms with van der Waals surface area (Å²) in [5, 5.41) is 0.999. The number of halogens is 2. The van der Waals surface area contributed by atoms with Crippen molar-refractivity contribution in [3.8, 4) is 0 Å². The van der Waals surface area contributed by atoms with Gasteiger partial charge in [0.25, 0.3) is 0 Å². The van der Waals surface area contributed by atoms with E-state index in [1.165, 1.54) is 0 Å². The monoisotopic (exact) mass is 361 g/mol. The molecule has 0 aliphatic rings. The standard InChI is InChI=1S/C15H19N3OS.2ClH/c1-11-17-9-13(20-11)10-18(3)14(19)15(2,16)12-7-5-4-6-8-12;;/h4-9H,10,16H2,1-3H3;2*1H. The second-order valence-electron chi connectivity index (χ2n) is 5.08. The number of carbonyl (C=O) groups is 1. The van der Waals surface area contributed by atoms with Crippen LogP contribution in [-0.2, 0) is 16.9 Å². The van der Waals surface area contributed by atoms with E-state index in [9.17, 15) is 4.79 Å². The van der Waals surface area contributed by atoms with Gasteiger partial charge in [0.2, 0.25) is 5.91 Å². The van der Waals surface area contributed by atoms with Crippen molar-refractivity contribution in [1.29, 1.82) is 0 Å². The fourth-order valence-corrected chi connectivity index (χ4v) is 2.94. The molecule has 2 N–H and O–H groups in total. The van der Waals surface area contributed by atoms with Crippen LogP contribution >= 0.6 is 36.2 Å². The van der Waals surface area contributed by atoms with Crippen LogP contribution < -0.4 is 5.73 Å². The summed E-state index contributed by atoms with van der Waals surface area (Å²) in [6.07, 6.45) is 1.81. The number of benzene rings is 1. The number of hydrogen-bond acceptors (Lipinski definition) is 4. The van der Waals surface area contributed by atoms with Crippen molar-refractivity contribution in [2.45, 2.75) is 25.9 Å². The predicted molar refractivity (Wildman–Crippen MR) is 95.8 cm³/mol. The molecule has 1 aromatic heterocycles. The Morgan fingerprint density at radius 1 is 1.32 bits per heavy atom. The molecule has 0 aliphatic heterocycles. The van der Waals surface area contributed by atoms with Crippen molar-refractivity contribution in [2.24, 2.45) is 5.73 Å². The largest absolute Gasteiger partial charge is 0.339 e. The molecule has 0 aliphatic carbocycles. The van der Waals surface area contributed by atoms with E-state index >= 15 is 0 Å². The highest BCUT2D eigenvalue weighted by atomic mass is 35.5. The fraction of sp³-hybridized carbons (Fsp3) is 0.333. The smallest absolute Gasteiger partial charge is 0.247 e. The Hall–Kier alpha value is -1.14. The summed E-state index contributed by atoms with van der Waals surface area (Å²) in [7, 11) is 1.77. The van der Waals surface area contributed by atoms with E-state index < -0.39 is 5.54 Å². The van der Waals surface area contributed by atoms with Crippen molar-refractivity contribution in [1.82, 2.24) is 9.88 Å². The van der Waals surface area contributed by atoms with Crippen molar-refractivity contribution in [2.75, 3.05) is 7.05 Å². The van der Waals surface area contributed by atoms with Crippen LogP contribution in [0.15, 0.2) is 36.5 Å². The number of rotatable bonds is 4. The zero-order chi connectivity index (χ0) is 14.8. The molecule has 0 fully saturated rings. The molecule has 0 spiro atoms. The van der Waals surface area contributed by atoms with Gasteiger partial charge in [-0.2, -0.15) is 0 Å². The van der Waals surface area contributed by atoms with Crippen molar-refractivity contribution in [3.63, 3.8) is 0 Å². The number of aryl methyl sites for hydroxylation is 1. The van der Waals surface area contributed by atoms with Crippen molar-refractivity contribution in [3.05, 3.63) is 52.0 Å². The van der Waals surface area contributed by atoms with Crippen LogP contribution in [0.25, 0.3) is 0 Å². The molecule has 0 saturated heterocycles. The summed E-state index contributed by atoms with van der Waals surface area (Å²) in [5.74, 6) is -0.102. The minimum Gasteiger partial charge on any atom is -0.339 e. The van der Waals surface area contributed by atoms with E-state index in [4.69, 9.17) is 5.73 Å². The lowest BCUT2D eigenvalue weighted by Gasteiger charge is -2.29. The van der Waals surface area contributed by atoms with Gasteiger partial charge in [0.05, 0.1) is 11.6 Å².